The van der Waals surface area contributed by atoms with Crippen LogP contribution in [0.15, 0.2) is 22.7 Å². The Morgan fingerprint density at radius 3 is 2.70 bits per heavy atom. The van der Waals surface area contributed by atoms with Crippen molar-refractivity contribution in [1.82, 2.24) is 4.90 Å². The summed E-state index contributed by atoms with van der Waals surface area (Å²) < 4.78 is 39.6. The van der Waals surface area contributed by atoms with Gasteiger partial charge in [0.15, 0.2) is 0 Å². The normalized spacial score (nSPS) is 20.1. The molecule has 0 radical (unpaired) electrons. The monoisotopic (exact) mass is 369 g/mol. The maximum absolute atomic E-state index is 13.0. The predicted octanol–water partition coefficient (Wildman–Crippen LogP) is 4.66. The maximum Gasteiger partial charge on any atom is 0.408 e. The molecule has 0 aliphatic carbocycles. The van der Waals surface area contributed by atoms with Crippen molar-refractivity contribution in [2.75, 3.05) is 6.54 Å². The van der Waals surface area contributed by atoms with Crippen LogP contribution in [0.1, 0.15) is 29.6 Å². The average molecular weight is 371 g/mol. The van der Waals surface area contributed by atoms with Crippen molar-refractivity contribution in [3.63, 3.8) is 0 Å². The summed E-state index contributed by atoms with van der Waals surface area (Å²) in [7, 11) is 0. The van der Waals surface area contributed by atoms with Crippen molar-refractivity contribution >= 4 is 33.4 Å². The summed E-state index contributed by atoms with van der Waals surface area (Å²) in [6.45, 7) is 0.103. The van der Waals surface area contributed by atoms with Crippen molar-refractivity contribution in [2.24, 2.45) is 0 Å². The molecule has 1 aliphatic heterocycles. The summed E-state index contributed by atoms with van der Waals surface area (Å²) in [6, 6.07) is 2.85. The number of hydrogen-bond acceptors (Lipinski definition) is 1. The van der Waals surface area contributed by atoms with Gasteiger partial charge in [-0.25, -0.2) is 0 Å². The van der Waals surface area contributed by atoms with Gasteiger partial charge in [0.2, 0.25) is 0 Å². The van der Waals surface area contributed by atoms with Crippen LogP contribution in [0.3, 0.4) is 0 Å². The van der Waals surface area contributed by atoms with E-state index < -0.39 is 18.1 Å². The molecule has 20 heavy (non-hydrogen) atoms. The summed E-state index contributed by atoms with van der Waals surface area (Å²) in [5.74, 6) is -0.668. The van der Waals surface area contributed by atoms with Gasteiger partial charge in [0.05, 0.1) is 10.6 Å². The highest BCUT2D eigenvalue weighted by atomic mass is 79.9. The number of carbonyl (C=O) groups excluding carboxylic acids is 1. The molecule has 0 N–H and O–H groups in total. The fraction of sp³-hybridized carbons (Fsp3) is 0.462. The fourth-order valence-electron chi connectivity index (χ4n) is 2.33. The zero-order valence-corrected chi connectivity index (χ0v) is 12.7. The van der Waals surface area contributed by atoms with E-state index in [4.69, 9.17) is 11.6 Å². The Hall–Kier alpha value is -0.750. The Bertz CT molecular complexity index is 521. The van der Waals surface area contributed by atoms with Crippen LogP contribution in [0.5, 0.6) is 0 Å². The molecular weight excluding hydrogens is 359 g/mol. The molecule has 0 spiro atoms. The molecule has 7 heteroatoms. The van der Waals surface area contributed by atoms with E-state index in [1.165, 1.54) is 12.1 Å². The molecular formula is C13H12BrClF3NO. The first kappa shape index (κ1) is 15.6. The Kier molecular flexibility index (Phi) is 4.64. The Labute approximate surface area is 128 Å². The van der Waals surface area contributed by atoms with Crippen LogP contribution >= 0.6 is 27.5 Å². The number of benzene rings is 1. The van der Waals surface area contributed by atoms with Gasteiger partial charge in [-0.2, -0.15) is 13.2 Å². The van der Waals surface area contributed by atoms with E-state index in [1.54, 1.807) is 6.07 Å². The third-order valence-corrected chi connectivity index (χ3v) is 4.12. The average Bonchev–Trinajstić information content (AvgIpc) is 2.40. The Morgan fingerprint density at radius 1 is 1.35 bits per heavy atom. The lowest BCUT2D eigenvalue weighted by Gasteiger charge is -2.37. The third kappa shape index (κ3) is 3.28. The van der Waals surface area contributed by atoms with Crippen LogP contribution in [-0.4, -0.2) is 29.6 Å². The SMILES string of the molecule is O=C(c1cc(Br)ccc1Cl)N1CCCCC1C(F)(F)F. The number of hydrogen-bond donors (Lipinski definition) is 0. The van der Waals surface area contributed by atoms with E-state index >= 15 is 0 Å². The molecule has 1 fully saturated rings. The molecule has 1 atom stereocenters. The highest BCUT2D eigenvalue weighted by Crippen LogP contribution is 2.34. The highest BCUT2D eigenvalue weighted by Gasteiger charge is 2.46. The van der Waals surface area contributed by atoms with Gasteiger partial charge in [-0.15, -0.1) is 0 Å². The molecule has 0 saturated carbocycles. The summed E-state index contributed by atoms with van der Waals surface area (Å²) >= 11 is 9.11. The number of alkyl halides is 3. The molecule has 0 aromatic heterocycles. The first-order chi connectivity index (χ1) is 9.30. The van der Waals surface area contributed by atoms with Gasteiger partial charge >= 0.3 is 6.18 Å². The summed E-state index contributed by atoms with van der Waals surface area (Å²) in [5, 5.41) is 0.157. The van der Waals surface area contributed by atoms with E-state index in [2.05, 4.69) is 15.9 Å². The van der Waals surface area contributed by atoms with Crippen LogP contribution in [0, 0.1) is 0 Å². The first-order valence-electron chi connectivity index (χ1n) is 6.13. The molecule has 1 aromatic rings. The van der Waals surface area contributed by atoms with Gasteiger partial charge in [-0.3, -0.25) is 4.79 Å². The van der Waals surface area contributed by atoms with Crippen LogP contribution in [-0.2, 0) is 0 Å². The fourth-order valence-corrected chi connectivity index (χ4v) is 2.89. The van der Waals surface area contributed by atoms with E-state index in [1.807, 2.05) is 0 Å². The van der Waals surface area contributed by atoms with Crippen molar-refractivity contribution in [3.05, 3.63) is 33.3 Å². The molecule has 1 heterocycles. The summed E-state index contributed by atoms with van der Waals surface area (Å²) in [5.41, 5.74) is 0.0946. The quantitative estimate of drug-likeness (QED) is 0.704. The van der Waals surface area contributed by atoms with Crippen LogP contribution in [0.4, 0.5) is 13.2 Å². The highest BCUT2D eigenvalue weighted by molar-refractivity contribution is 9.10. The van der Waals surface area contributed by atoms with E-state index in [0.717, 1.165) is 4.90 Å². The molecule has 2 nitrogen and oxygen atoms in total. The zero-order valence-electron chi connectivity index (χ0n) is 10.4. The van der Waals surface area contributed by atoms with Crippen molar-refractivity contribution in [1.29, 1.82) is 0 Å². The van der Waals surface area contributed by atoms with Gasteiger partial charge in [-0.05, 0) is 37.5 Å². The first-order valence-corrected chi connectivity index (χ1v) is 7.30. The number of piperidine rings is 1. The van der Waals surface area contributed by atoms with E-state index in [-0.39, 0.29) is 23.6 Å². The van der Waals surface area contributed by atoms with Crippen LogP contribution in [0.25, 0.3) is 0 Å². The van der Waals surface area contributed by atoms with Crippen molar-refractivity contribution < 1.29 is 18.0 Å². The maximum atomic E-state index is 13.0. The lowest BCUT2D eigenvalue weighted by Crippen LogP contribution is -2.51. The number of rotatable bonds is 1. The Balaban J connectivity index is 2.32. The molecule has 1 saturated heterocycles. The molecule has 1 aliphatic rings. The minimum absolute atomic E-state index is 0.0547. The second-order valence-corrected chi connectivity index (χ2v) is 6.00. The third-order valence-electron chi connectivity index (χ3n) is 3.30. The smallest absolute Gasteiger partial charge is 0.326 e. The standard InChI is InChI=1S/C13H12BrClF3NO/c14-8-4-5-10(15)9(7-8)12(20)19-6-2-1-3-11(19)13(16,17)18/h4-5,7,11H,1-3,6H2. The predicted molar refractivity (Wildman–Crippen MR) is 73.9 cm³/mol. The number of likely N-dealkylation sites (tertiary alicyclic amines) is 1. The zero-order chi connectivity index (χ0) is 14.9. The molecule has 1 unspecified atom stereocenters. The van der Waals surface area contributed by atoms with Crippen LogP contribution in [0.2, 0.25) is 5.02 Å². The van der Waals surface area contributed by atoms with E-state index in [9.17, 15) is 18.0 Å². The second kappa shape index (κ2) is 5.93. The molecule has 1 amide bonds. The lowest BCUT2D eigenvalue weighted by atomic mass is 10.0. The van der Waals surface area contributed by atoms with Gasteiger partial charge in [0.25, 0.3) is 5.91 Å². The van der Waals surface area contributed by atoms with Gasteiger partial charge in [0.1, 0.15) is 6.04 Å². The van der Waals surface area contributed by atoms with Crippen molar-refractivity contribution in [2.45, 2.75) is 31.5 Å². The van der Waals surface area contributed by atoms with E-state index in [0.29, 0.717) is 17.3 Å². The van der Waals surface area contributed by atoms with Gasteiger partial charge in [0, 0.05) is 11.0 Å². The second-order valence-electron chi connectivity index (χ2n) is 4.68. The topological polar surface area (TPSA) is 20.3 Å². The van der Waals surface area contributed by atoms with Crippen LogP contribution < -0.4 is 0 Å². The minimum Gasteiger partial charge on any atom is -0.326 e. The van der Waals surface area contributed by atoms with Gasteiger partial charge < -0.3 is 4.90 Å². The molecule has 1 aromatic carbocycles. The molecule has 0 bridgehead atoms. The number of halogens is 5. The summed E-state index contributed by atoms with van der Waals surface area (Å²) in [4.78, 5) is 13.2. The molecule has 110 valence electrons. The van der Waals surface area contributed by atoms with Gasteiger partial charge in [-0.1, -0.05) is 27.5 Å². The Morgan fingerprint density at radius 2 is 2.05 bits per heavy atom. The van der Waals surface area contributed by atoms with Crippen molar-refractivity contribution in [3.8, 4) is 0 Å². The molecule has 2 rings (SSSR count). The number of amides is 1. The summed E-state index contributed by atoms with van der Waals surface area (Å²) in [6.07, 6.45) is -3.42. The lowest BCUT2D eigenvalue weighted by molar-refractivity contribution is -0.183. The number of nitrogens with zero attached hydrogens (tertiary/aromatic N) is 1. The minimum atomic E-state index is -4.41. The largest absolute Gasteiger partial charge is 0.408 e. The number of carbonyl (C=O) groups is 1.